The van der Waals surface area contributed by atoms with Crippen LogP contribution in [0.3, 0.4) is 0 Å². The van der Waals surface area contributed by atoms with Crippen LogP contribution in [-0.2, 0) is 13.0 Å². The van der Waals surface area contributed by atoms with E-state index in [1.165, 1.54) is 17.0 Å². The number of aryl methyl sites for hydroxylation is 1. The van der Waals surface area contributed by atoms with Gasteiger partial charge in [-0.25, -0.2) is 9.97 Å². The summed E-state index contributed by atoms with van der Waals surface area (Å²) in [6.07, 6.45) is 2.81. The Labute approximate surface area is 126 Å². The summed E-state index contributed by atoms with van der Waals surface area (Å²) < 4.78 is 0. The van der Waals surface area contributed by atoms with Crippen LogP contribution in [0.4, 0.5) is 17.3 Å². The molecule has 0 atom stereocenters. The van der Waals surface area contributed by atoms with Crippen molar-refractivity contribution in [2.24, 2.45) is 0 Å². The second-order valence-corrected chi connectivity index (χ2v) is 5.51. The van der Waals surface area contributed by atoms with Crippen molar-refractivity contribution in [3.05, 3.63) is 38.3 Å². The van der Waals surface area contributed by atoms with Crippen LogP contribution in [0.1, 0.15) is 23.7 Å². The third-order valence-corrected chi connectivity index (χ3v) is 3.89. The molecule has 0 spiro atoms. The van der Waals surface area contributed by atoms with Crippen molar-refractivity contribution in [2.45, 2.75) is 26.8 Å². The molecule has 8 heteroatoms. The van der Waals surface area contributed by atoms with Crippen LogP contribution in [0.25, 0.3) is 0 Å². The number of thiazole rings is 1. The number of nitro groups is 1. The Morgan fingerprint density at radius 3 is 2.57 bits per heavy atom. The molecule has 0 radical (unpaired) electrons. The van der Waals surface area contributed by atoms with Gasteiger partial charge < -0.3 is 10.6 Å². The van der Waals surface area contributed by atoms with E-state index < -0.39 is 4.92 Å². The molecule has 0 aliphatic carbocycles. The molecule has 112 valence electrons. The molecular weight excluding hydrogens is 290 g/mol. The lowest BCUT2D eigenvalue weighted by Crippen LogP contribution is -2.05. The lowest BCUT2D eigenvalue weighted by atomic mass is 10.3. The number of aromatic nitrogens is 2. The van der Waals surface area contributed by atoms with E-state index in [-0.39, 0.29) is 5.69 Å². The van der Waals surface area contributed by atoms with Crippen LogP contribution in [0.5, 0.6) is 0 Å². The van der Waals surface area contributed by atoms with Gasteiger partial charge in [0.2, 0.25) is 0 Å². The molecule has 2 heterocycles. The molecule has 2 rings (SSSR count). The molecule has 2 aromatic heterocycles. The average molecular weight is 307 g/mol. The summed E-state index contributed by atoms with van der Waals surface area (Å²) in [5.74, 6) is 0.955. The van der Waals surface area contributed by atoms with E-state index in [0.29, 0.717) is 24.7 Å². The first-order chi connectivity index (χ1) is 10.1. The number of nitrogens with zero attached hydrogens (tertiary/aromatic N) is 3. The van der Waals surface area contributed by atoms with E-state index >= 15 is 0 Å². The zero-order valence-corrected chi connectivity index (χ0v) is 12.7. The van der Waals surface area contributed by atoms with Gasteiger partial charge in [-0.05, 0) is 13.3 Å². The number of anilines is 2. The number of hydrogen-bond donors (Lipinski definition) is 2. The maximum Gasteiger partial charge on any atom is 0.276 e. The first-order valence-corrected chi connectivity index (χ1v) is 7.51. The molecule has 0 bridgehead atoms. The van der Waals surface area contributed by atoms with Crippen molar-refractivity contribution in [2.75, 3.05) is 17.2 Å². The first kappa shape index (κ1) is 15.2. The third-order valence-electron chi connectivity index (χ3n) is 2.75. The molecular formula is C13H17N5O2S. The zero-order chi connectivity index (χ0) is 15.2. The monoisotopic (exact) mass is 307 g/mol. The predicted molar refractivity (Wildman–Crippen MR) is 83.9 cm³/mol. The Morgan fingerprint density at radius 2 is 2.00 bits per heavy atom. The summed E-state index contributed by atoms with van der Waals surface area (Å²) in [7, 11) is 0. The van der Waals surface area contributed by atoms with Crippen LogP contribution in [0, 0.1) is 10.1 Å². The van der Waals surface area contributed by atoms with Gasteiger partial charge >= 0.3 is 0 Å². The van der Waals surface area contributed by atoms with E-state index in [1.54, 1.807) is 11.3 Å². The number of pyridine rings is 1. The first-order valence-electron chi connectivity index (χ1n) is 6.70. The quantitative estimate of drug-likeness (QED) is 0.603. The van der Waals surface area contributed by atoms with Crippen molar-refractivity contribution < 1.29 is 4.92 Å². The standard InChI is InChI=1S/C13H17N5O2S/c1-3-10-7-16-13(21-10)8-15-12-6-9(18(19)20)5-11(17-12)14-4-2/h5-7H,3-4,8H2,1-2H3,(H2,14,15,17). The van der Waals surface area contributed by atoms with Crippen molar-refractivity contribution in [1.82, 2.24) is 9.97 Å². The van der Waals surface area contributed by atoms with Gasteiger partial charge in [0.15, 0.2) is 0 Å². The average Bonchev–Trinajstić information content (AvgIpc) is 2.93. The number of hydrogen-bond acceptors (Lipinski definition) is 7. The molecule has 0 aliphatic heterocycles. The zero-order valence-electron chi connectivity index (χ0n) is 11.9. The molecule has 0 fully saturated rings. The Morgan fingerprint density at radius 1 is 1.29 bits per heavy atom. The number of nitrogens with one attached hydrogen (secondary N) is 2. The van der Waals surface area contributed by atoms with Gasteiger partial charge in [-0.15, -0.1) is 11.3 Å². The van der Waals surface area contributed by atoms with Crippen molar-refractivity contribution in [3.8, 4) is 0 Å². The van der Waals surface area contributed by atoms with Crippen LogP contribution >= 0.6 is 11.3 Å². The predicted octanol–water partition coefficient (Wildman–Crippen LogP) is 3.05. The minimum atomic E-state index is -0.424. The topological polar surface area (TPSA) is 93.0 Å². The molecule has 0 unspecified atom stereocenters. The lowest BCUT2D eigenvalue weighted by molar-refractivity contribution is -0.384. The Kier molecular flexibility index (Phi) is 5.04. The maximum atomic E-state index is 10.9. The fourth-order valence-corrected chi connectivity index (χ4v) is 2.55. The molecule has 0 aliphatic rings. The highest BCUT2D eigenvalue weighted by atomic mass is 32.1. The van der Waals surface area contributed by atoms with E-state index in [4.69, 9.17) is 0 Å². The summed E-state index contributed by atoms with van der Waals surface area (Å²) in [4.78, 5) is 20.3. The van der Waals surface area contributed by atoms with E-state index in [0.717, 1.165) is 11.4 Å². The highest BCUT2D eigenvalue weighted by Crippen LogP contribution is 2.21. The van der Waals surface area contributed by atoms with Gasteiger partial charge in [0.25, 0.3) is 5.69 Å². The Balaban J connectivity index is 2.12. The molecule has 0 aromatic carbocycles. The molecule has 2 aromatic rings. The van der Waals surface area contributed by atoms with Gasteiger partial charge in [-0.2, -0.15) is 0 Å². The molecule has 0 saturated carbocycles. The highest BCUT2D eigenvalue weighted by molar-refractivity contribution is 7.11. The second-order valence-electron chi connectivity index (χ2n) is 4.31. The van der Waals surface area contributed by atoms with Crippen LogP contribution < -0.4 is 10.6 Å². The van der Waals surface area contributed by atoms with Gasteiger partial charge in [-0.1, -0.05) is 6.92 Å². The summed E-state index contributed by atoms with van der Waals surface area (Å²) in [6, 6.07) is 2.85. The second kappa shape index (κ2) is 6.98. The third kappa shape index (κ3) is 4.12. The van der Waals surface area contributed by atoms with E-state index in [2.05, 4.69) is 27.5 Å². The molecule has 7 nitrogen and oxygen atoms in total. The minimum absolute atomic E-state index is 0.0110. The SMILES string of the molecule is CCNc1cc([N+](=O)[O-])cc(NCc2ncc(CC)s2)n1. The summed E-state index contributed by atoms with van der Waals surface area (Å²) in [5.41, 5.74) is 0.0110. The van der Waals surface area contributed by atoms with Crippen LogP contribution in [0.2, 0.25) is 0 Å². The van der Waals surface area contributed by atoms with Crippen molar-refractivity contribution in [3.63, 3.8) is 0 Å². The van der Waals surface area contributed by atoms with Crippen molar-refractivity contribution in [1.29, 1.82) is 0 Å². The summed E-state index contributed by atoms with van der Waals surface area (Å²) in [5, 5.41) is 17.9. The van der Waals surface area contributed by atoms with E-state index in [9.17, 15) is 10.1 Å². The van der Waals surface area contributed by atoms with Gasteiger partial charge in [0.05, 0.1) is 23.6 Å². The molecule has 0 amide bonds. The van der Waals surface area contributed by atoms with Gasteiger partial charge in [0.1, 0.15) is 16.6 Å². The lowest BCUT2D eigenvalue weighted by Gasteiger charge is -2.07. The van der Waals surface area contributed by atoms with E-state index in [1.807, 2.05) is 13.1 Å². The molecule has 0 saturated heterocycles. The molecule has 21 heavy (non-hydrogen) atoms. The fourth-order valence-electron chi connectivity index (χ4n) is 1.74. The maximum absolute atomic E-state index is 10.9. The Bertz CT molecular complexity index is 629. The van der Waals surface area contributed by atoms with Gasteiger partial charge in [0, 0.05) is 17.6 Å². The largest absolute Gasteiger partial charge is 0.370 e. The fraction of sp³-hybridized carbons (Fsp3) is 0.385. The van der Waals surface area contributed by atoms with Crippen LogP contribution in [0.15, 0.2) is 18.3 Å². The summed E-state index contributed by atoms with van der Waals surface area (Å²) in [6.45, 7) is 5.15. The van der Waals surface area contributed by atoms with Gasteiger partial charge in [-0.3, -0.25) is 10.1 Å². The van der Waals surface area contributed by atoms with Crippen LogP contribution in [-0.4, -0.2) is 21.4 Å². The summed E-state index contributed by atoms with van der Waals surface area (Å²) >= 11 is 1.63. The molecule has 2 N–H and O–H groups in total. The number of rotatable bonds is 7. The Hall–Kier alpha value is -2.22. The smallest absolute Gasteiger partial charge is 0.276 e. The minimum Gasteiger partial charge on any atom is -0.370 e. The highest BCUT2D eigenvalue weighted by Gasteiger charge is 2.11. The normalized spacial score (nSPS) is 10.4. The van der Waals surface area contributed by atoms with Crippen molar-refractivity contribution >= 4 is 28.7 Å².